The average molecular weight is 308 g/mol. The molecule has 0 fully saturated rings. The molecule has 0 aliphatic carbocycles. The van der Waals surface area contributed by atoms with Gasteiger partial charge in [0.2, 0.25) is 0 Å². The molecule has 2 aromatic rings. The van der Waals surface area contributed by atoms with E-state index in [1.807, 2.05) is 6.07 Å². The zero-order valence-electron chi connectivity index (χ0n) is 11.2. The Morgan fingerprint density at radius 1 is 1.22 bits per heavy atom. The predicted octanol–water partition coefficient (Wildman–Crippen LogP) is 4.15. The van der Waals surface area contributed by atoms with Gasteiger partial charge in [0.1, 0.15) is 0 Å². The van der Waals surface area contributed by atoms with E-state index in [-0.39, 0.29) is 10.8 Å². The number of hydrogen-bond donors (Lipinski definition) is 1. The highest BCUT2D eigenvalue weighted by Crippen LogP contribution is 2.25. The van der Waals surface area contributed by atoms with Crippen molar-refractivity contribution in [3.63, 3.8) is 0 Å². The second-order valence-electron chi connectivity index (χ2n) is 5.64. The highest BCUT2D eigenvalue weighted by molar-refractivity contribution is 9.10. The lowest BCUT2D eigenvalue weighted by atomic mass is 9.91. The van der Waals surface area contributed by atoms with Gasteiger partial charge in [-0.1, -0.05) is 43.6 Å². The van der Waals surface area contributed by atoms with Gasteiger partial charge in [-0.2, -0.15) is 0 Å². The normalized spacial score (nSPS) is 12.1. The second-order valence-corrected chi connectivity index (χ2v) is 6.55. The van der Waals surface area contributed by atoms with Crippen LogP contribution in [-0.2, 0) is 11.8 Å². The predicted molar refractivity (Wildman–Crippen MR) is 80.3 cm³/mol. The summed E-state index contributed by atoms with van der Waals surface area (Å²) in [7, 11) is 0. The first kappa shape index (κ1) is 13.3. The Bertz CT molecular complexity index is 650. The molecule has 0 saturated carbocycles. The first-order valence-corrected chi connectivity index (χ1v) is 6.98. The maximum absolute atomic E-state index is 12.2. The van der Waals surface area contributed by atoms with Crippen LogP contribution in [0, 0.1) is 0 Å². The van der Waals surface area contributed by atoms with Crippen LogP contribution in [0.2, 0.25) is 0 Å². The average Bonchev–Trinajstić information content (AvgIpc) is 2.27. The van der Waals surface area contributed by atoms with Crippen molar-refractivity contribution in [1.82, 2.24) is 4.98 Å². The van der Waals surface area contributed by atoms with E-state index in [1.54, 1.807) is 6.07 Å². The molecule has 18 heavy (non-hydrogen) atoms. The maximum atomic E-state index is 12.2. The van der Waals surface area contributed by atoms with Gasteiger partial charge >= 0.3 is 0 Å². The van der Waals surface area contributed by atoms with Crippen molar-refractivity contribution in [2.75, 3.05) is 0 Å². The number of aromatic nitrogens is 1. The van der Waals surface area contributed by atoms with Crippen molar-refractivity contribution in [3.8, 4) is 0 Å². The topological polar surface area (TPSA) is 32.9 Å². The van der Waals surface area contributed by atoms with Crippen LogP contribution in [0.4, 0.5) is 0 Å². The van der Waals surface area contributed by atoms with E-state index in [0.29, 0.717) is 0 Å². The van der Waals surface area contributed by atoms with Crippen molar-refractivity contribution in [2.45, 2.75) is 39.5 Å². The molecule has 0 aliphatic heterocycles. The molecule has 3 heteroatoms. The van der Waals surface area contributed by atoms with Crippen LogP contribution < -0.4 is 5.43 Å². The van der Waals surface area contributed by atoms with E-state index in [1.165, 1.54) is 5.56 Å². The minimum atomic E-state index is -0.0502. The summed E-state index contributed by atoms with van der Waals surface area (Å²) in [6, 6.07) is 5.68. The van der Waals surface area contributed by atoms with Gasteiger partial charge in [0, 0.05) is 27.0 Å². The molecule has 1 heterocycles. The zero-order valence-corrected chi connectivity index (χ0v) is 12.8. The van der Waals surface area contributed by atoms with Crippen LogP contribution in [0.3, 0.4) is 0 Å². The molecular weight excluding hydrogens is 290 g/mol. The summed E-state index contributed by atoms with van der Waals surface area (Å²) in [4.78, 5) is 15.7. The van der Waals surface area contributed by atoms with Gasteiger partial charge in [0.05, 0.1) is 5.52 Å². The van der Waals surface area contributed by atoms with Gasteiger partial charge in [-0.3, -0.25) is 4.79 Å². The molecule has 0 unspecified atom stereocenters. The fourth-order valence-electron chi connectivity index (χ4n) is 2.07. The monoisotopic (exact) mass is 307 g/mol. The molecule has 0 spiro atoms. The summed E-state index contributed by atoms with van der Waals surface area (Å²) in [6.07, 6.45) is 0.902. The quantitative estimate of drug-likeness (QED) is 0.843. The van der Waals surface area contributed by atoms with Crippen molar-refractivity contribution >= 4 is 26.8 Å². The number of aryl methyl sites for hydroxylation is 1. The Morgan fingerprint density at radius 3 is 2.44 bits per heavy atom. The molecule has 2 rings (SSSR count). The van der Waals surface area contributed by atoms with Crippen LogP contribution in [0.25, 0.3) is 10.9 Å². The molecule has 0 aliphatic rings. The molecule has 0 saturated heterocycles. The number of pyridine rings is 1. The molecule has 0 radical (unpaired) electrons. The number of aromatic amines is 1. The Kier molecular flexibility index (Phi) is 3.37. The number of rotatable bonds is 1. The molecule has 96 valence electrons. The fraction of sp³-hybridized carbons (Fsp3) is 0.400. The molecular formula is C15H18BrNO. The summed E-state index contributed by atoms with van der Waals surface area (Å²) in [5.74, 6) is 0. The summed E-state index contributed by atoms with van der Waals surface area (Å²) < 4.78 is 0.959. The number of hydrogen-bond acceptors (Lipinski definition) is 1. The summed E-state index contributed by atoms with van der Waals surface area (Å²) in [5, 5.41) is 0.759. The number of H-pyrrole nitrogens is 1. The van der Waals surface area contributed by atoms with Crippen molar-refractivity contribution in [2.24, 2.45) is 0 Å². The number of nitrogens with one attached hydrogen (secondary N) is 1. The minimum Gasteiger partial charge on any atom is -0.358 e. The lowest BCUT2D eigenvalue weighted by Gasteiger charge is -2.20. The molecule has 0 atom stereocenters. The van der Waals surface area contributed by atoms with Crippen molar-refractivity contribution in [1.29, 1.82) is 0 Å². The van der Waals surface area contributed by atoms with Gasteiger partial charge in [-0.25, -0.2) is 0 Å². The number of benzene rings is 1. The maximum Gasteiger partial charge on any atom is 0.189 e. The first-order chi connectivity index (χ1) is 8.32. The Balaban J connectivity index is 2.87. The zero-order chi connectivity index (χ0) is 13.5. The third-order valence-corrected chi connectivity index (χ3v) is 3.63. The molecule has 1 aromatic heterocycles. The van der Waals surface area contributed by atoms with Gasteiger partial charge in [-0.05, 0) is 24.1 Å². The van der Waals surface area contributed by atoms with E-state index in [9.17, 15) is 4.79 Å². The molecule has 0 amide bonds. The van der Waals surface area contributed by atoms with Crippen molar-refractivity contribution in [3.05, 3.63) is 44.2 Å². The third-order valence-electron chi connectivity index (χ3n) is 3.17. The lowest BCUT2D eigenvalue weighted by molar-refractivity contribution is 0.571. The van der Waals surface area contributed by atoms with Gasteiger partial charge in [-0.15, -0.1) is 0 Å². The SMILES string of the molecule is CCc1cc(Br)cc2c(=O)cc(C(C)(C)C)[nH]c12. The highest BCUT2D eigenvalue weighted by Gasteiger charge is 2.17. The molecule has 0 bridgehead atoms. The first-order valence-electron chi connectivity index (χ1n) is 6.19. The summed E-state index contributed by atoms with van der Waals surface area (Å²) in [6.45, 7) is 8.42. The Morgan fingerprint density at radius 2 is 1.89 bits per heavy atom. The summed E-state index contributed by atoms with van der Waals surface area (Å²) in [5.41, 5.74) is 3.16. The van der Waals surface area contributed by atoms with Crippen LogP contribution in [-0.4, -0.2) is 4.98 Å². The Hall–Kier alpha value is -1.09. The third kappa shape index (κ3) is 2.37. The minimum absolute atomic E-state index is 0.0502. The van der Waals surface area contributed by atoms with Crippen LogP contribution in [0.5, 0.6) is 0 Å². The van der Waals surface area contributed by atoms with E-state index in [0.717, 1.165) is 27.5 Å². The number of fused-ring (bicyclic) bond motifs is 1. The van der Waals surface area contributed by atoms with Gasteiger partial charge in [0.25, 0.3) is 0 Å². The van der Waals surface area contributed by atoms with E-state index in [4.69, 9.17) is 0 Å². The smallest absolute Gasteiger partial charge is 0.189 e. The van der Waals surface area contributed by atoms with Gasteiger partial charge in [0.15, 0.2) is 5.43 Å². The fourth-order valence-corrected chi connectivity index (χ4v) is 2.57. The molecule has 1 aromatic carbocycles. The second kappa shape index (κ2) is 4.54. The molecule has 2 nitrogen and oxygen atoms in total. The van der Waals surface area contributed by atoms with E-state index >= 15 is 0 Å². The van der Waals surface area contributed by atoms with Crippen LogP contribution in [0.15, 0.2) is 27.5 Å². The standard InChI is InChI=1S/C15H18BrNO/c1-5-9-6-10(16)7-11-12(18)8-13(15(2,3)4)17-14(9)11/h6-8H,5H2,1-4H3,(H,17,18). The highest BCUT2D eigenvalue weighted by atomic mass is 79.9. The lowest BCUT2D eigenvalue weighted by Crippen LogP contribution is -2.18. The van der Waals surface area contributed by atoms with E-state index in [2.05, 4.69) is 54.7 Å². The van der Waals surface area contributed by atoms with Gasteiger partial charge < -0.3 is 4.98 Å². The van der Waals surface area contributed by atoms with Crippen molar-refractivity contribution < 1.29 is 0 Å². The largest absolute Gasteiger partial charge is 0.358 e. The Labute approximate surface area is 116 Å². The summed E-state index contributed by atoms with van der Waals surface area (Å²) >= 11 is 3.46. The number of halogens is 1. The van der Waals surface area contributed by atoms with E-state index < -0.39 is 0 Å². The molecule has 1 N–H and O–H groups in total. The van der Waals surface area contributed by atoms with Crippen LogP contribution in [0.1, 0.15) is 39.0 Å². The van der Waals surface area contributed by atoms with Crippen LogP contribution >= 0.6 is 15.9 Å².